The van der Waals surface area contributed by atoms with Gasteiger partial charge in [-0.05, 0) is 55.5 Å². The quantitative estimate of drug-likeness (QED) is 0.741. The normalized spacial score (nSPS) is 18.1. The number of unbranched alkanes of at least 4 members (excludes halogenated alkanes) is 1. The van der Waals surface area contributed by atoms with E-state index < -0.39 is 0 Å². The number of nitrogens with one attached hydrogen (secondary N) is 1. The Kier molecular flexibility index (Phi) is 4.40. The molecule has 0 radical (unpaired) electrons. The van der Waals surface area contributed by atoms with Crippen molar-refractivity contribution in [3.8, 4) is 5.75 Å². The SMILES string of the molecule is COc1ccc2c(c1)C(NCCCCO)CC2. The zero-order valence-corrected chi connectivity index (χ0v) is 10.4. The summed E-state index contributed by atoms with van der Waals surface area (Å²) in [4.78, 5) is 0. The largest absolute Gasteiger partial charge is 0.497 e. The molecular formula is C14H21NO2. The Bertz CT molecular complexity index is 365. The van der Waals surface area contributed by atoms with Crippen LogP contribution in [0.2, 0.25) is 0 Å². The summed E-state index contributed by atoms with van der Waals surface area (Å²) in [5.41, 5.74) is 2.82. The van der Waals surface area contributed by atoms with Gasteiger partial charge in [0.15, 0.2) is 0 Å². The molecular weight excluding hydrogens is 214 g/mol. The van der Waals surface area contributed by atoms with Gasteiger partial charge >= 0.3 is 0 Å². The van der Waals surface area contributed by atoms with E-state index in [0.717, 1.165) is 31.6 Å². The highest BCUT2D eigenvalue weighted by molar-refractivity contribution is 5.40. The van der Waals surface area contributed by atoms with Gasteiger partial charge in [0.1, 0.15) is 5.75 Å². The van der Waals surface area contributed by atoms with Crippen LogP contribution < -0.4 is 10.1 Å². The number of aliphatic hydroxyl groups excluding tert-OH is 1. The van der Waals surface area contributed by atoms with Gasteiger partial charge in [0.05, 0.1) is 7.11 Å². The number of aliphatic hydroxyl groups is 1. The van der Waals surface area contributed by atoms with E-state index in [1.54, 1.807) is 7.11 Å². The Morgan fingerprint density at radius 2 is 2.29 bits per heavy atom. The molecule has 0 spiro atoms. The molecule has 1 aliphatic carbocycles. The lowest BCUT2D eigenvalue weighted by atomic mass is 10.1. The van der Waals surface area contributed by atoms with Gasteiger partial charge in [-0.3, -0.25) is 0 Å². The Labute approximate surface area is 103 Å². The minimum Gasteiger partial charge on any atom is -0.497 e. The zero-order chi connectivity index (χ0) is 12.1. The van der Waals surface area contributed by atoms with E-state index in [1.165, 1.54) is 17.5 Å². The maximum atomic E-state index is 8.74. The van der Waals surface area contributed by atoms with E-state index in [9.17, 15) is 0 Å². The number of methoxy groups -OCH3 is 1. The van der Waals surface area contributed by atoms with Gasteiger partial charge in [0.25, 0.3) is 0 Å². The second-order valence-corrected chi connectivity index (χ2v) is 4.54. The smallest absolute Gasteiger partial charge is 0.119 e. The van der Waals surface area contributed by atoms with Crippen LogP contribution in [0.25, 0.3) is 0 Å². The molecule has 2 N–H and O–H groups in total. The average Bonchev–Trinajstić information content (AvgIpc) is 2.77. The van der Waals surface area contributed by atoms with Crippen LogP contribution in [0.5, 0.6) is 5.75 Å². The number of hydrogen-bond acceptors (Lipinski definition) is 3. The van der Waals surface area contributed by atoms with Crippen LogP contribution >= 0.6 is 0 Å². The molecule has 1 aromatic rings. The highest BCUT2D eigenvalue weighted by atomic mass is 16.5. The molecule has 1 aromatic carbocycles. The molecule has 0 heterocycles. The maximum Gasteiger partial charge on any atom is 0.119 e. The van der Waals surface area contributed by atoms with Crippen molar-refractivity contribution in [3.05, 3.63) is 29.3 Å². The number of rotatable bonds is 6. The molecule has 2 rings (SSSR count). The minimum atomic E-state index is 0.288. The van der Waals surface area contributed by atoms with Gasteiger partial charge < -0.3 is 15.2 Å². The molecule has 0 aromatic heterocycles. The Balaban J connectivity index is 1.95. The standard InChI is InChI=1S/C14H21NO2/c1-17-12-6-4-11-5-7-14(13(11)10-12)15-8-2-3-9-16/h4,6,10,14-16H,2-3,5,7-9H2,1H3. The molecule has 0 saturated heterocycles. The lowest BCUT2D eigenvalue weighted by Crippen LogP contribution is -2.20. The van der Waals surface area contributed by atoms with Crippen LogP contribution in [0.1, 0.15) is 36.4 Å². The molecule has 3 heteroatoms. The van der Waals surface area contributed by atoms with Gasteiger partial charge in [-0.1, -0.05) is 6.07 Å². The van der Waals surface area contributed by atoms with Crippen molar-refractivity contribution in [3.63, 3.8) is 0 Å². The Morgan fingerprint density at radius 3 is 3.06 bits per heavy atom. The van der Waals surface area contributed by atoms with Crippen molar-refractivity contribution < 1.29 is 9.84 Å². The van der Waals surface area contributed by atoms with E-state index in [0.29, 0.717) is 6.04 Å². The van der Waals surface area contributed by atoms with Crippen molar-refractivity contribution in [1.82, 2.24) is 5.32 Å². The fourth-order valence-corrected chi connectivity index (χ4v) is 2.43. The van der Waals surface area contributed by atoms with Crippen molar-refractivity contribution in [2.45, 2.75) is 31.7 Å². The molecule has 0 fully saturated rings. The third-order valence-corrected chi connectivity index (χ3v) is 3.41. The second-order valence-electron chi connectivity index (χ2n) is 4.54. The molecule has 1 unspecified atom stereocenters. The molecule has 3 nitrogen and oxygen atoms in total. The monoisotopic (exact) mass is 235 g/mol. The van der Waals surface area contributed by atoms with E-state index in [2.05, 4.69) is 17.4 Å². The number of benzene rings is 1. The highest BCUT2D eigenvalue weighted by Gasteiger charge is 2.21. The maximum absolute atomic E-state index is 8.74. The molecule has 1 aliphatic rings. The number of fused-ring (bicyclic) bond motifs is 1. The molecule has 1 atom stereocenters. The van der Waals surface area contributed by atoms with Gasteiger partial charge in [0, 0.05) is 12.6 Å². The molecule has 94 valence electrons. The molecule has 0 amide bonds. The summed E-state index contributed by atoms with van der Waals surface area (Å²) < 4.78 is 5.27. The summed E-state index contributed by atoms with van der Waals surface area (Å²) in [5, 5.41) is 12.3. The molecule has 0 bridgehead atoms. The van der Waals surface area contributed by atoms with Gasteiger partial charge in [-0.2, -0.15) is 0 Å². The van der Waals surface area contributed by atoms with Gasteiger partial charge in [0.2, 0.25) is 0 Å². The first-order chi connectivity index (χ1) is 8.35. The van der Waals surface area contributed by atoms with Crippen LogP contribution in [-0.2, 0) is 6.42 Å². The Morgan fingerprint density at radius 1 is 1.41 bits per heavy atom. The van der Waals surface area contributed by atoms with Crippen molar-refractivity contribution >= 4 is 0 Å². The summed E-state index contributed by atoms with van der Waals surface area (Å²) in [5.74, 6) is 0.938. The third-order valence-electron chi connectivity index (χ3n) is 3.41. The average molecular weight is 235 g/mol. The lowest BCUT2D eigenvalue weighted by molar-refractivity contribution is 0.282. The zero-order valence-electron chi connectivity index (χ0n) is 10.4. The highest BCUT2D eigenvalue weighted by Crippen LogP contribution is 2.33. The summed E-state index contributed by atoms with van der Waals surface area (Å²) in [7, 11) is 1.71. The molecule has 0 aliphatic heterocycles. The van der Waals surface area contributed by atoms with Gasteiger partial charge in [-0.15, -0.1) is 0 Å². The van der Waals surface area contributed by atoms with Crippen molar-refractivity contribution in [2.24, 2.45) is 0 Å². The van der Waals surface area contributed by atoms with E-state index in [4.69, 9.17) is 9.84 Å². The number of hydrogen-bond donors (Lipinski definition) is 2. The number of ether oxygens (including phenoxy) is 1. The summed E-state index contributed by atoms with van der Waals surface area (Å²) >= 11 is 0. The fourth-order valence-electron chi connectivity index (χ4n) is 2.43. The van der Waals surface area contributed by atoms with E-state index in [1.807, 2.05) is 6.07 Å². The second kappa shape index (κ2) is 6.03. The number of aryl methyl sites for hydroxylation is 1. The van der Waals surface area contributed by atoms with Crippen molar-refractivity contribution in [1.29, 1.82) is 0 Å². The Hall–Kier alpha value is -1.06. The van der Waals surface area contributed by atoms with Crippen molar-refractivity contribution in [2.75, 3.05) is 20.3 Å². The van der Waals surface area contributed by atoms with Crippen LogP contribution in [0.15, 0.2) is 18.2 Å². The van der Waals surface area contributed by atoms with E-state index >= 15 is 0 Å². The predicted octanol–water partition coefficient (Wildman–Crippen LogP) is 2.04. The first-order valence-electron chi connectivity index (χ1n) is 6.36. The topological polar surface area (TPSA) is 41.5 Å². The van der Waals surface area contributed by atoms with Crippen LogP contribution in [0, 0.1) is 0 Å². The predicted molar refractivity (Wildman–Crippen MR) is 68.4 cm³/mol. The minimum absolute atomic E-state index is 0.288. The van der Waals surface area contributed by atoms with E-state index in [-0.39, 0.29) is 6.61 Å². The molecule has 0 saturated carbocycles. The summed E-state index contributed by atoms with van der Waals surface area (Å²) in [6.07, 6.45) is 4.23. The van der Waals surface area contributed by atoms with Crippen LogP contribution in [0.4, 0.5) is 0 Å². The summed E-state index contributed by atoms with van der Waals surface area (Å²) in [6.45, 7) is 1.26. The fraction of sp³-hybridized carbons (Fsp3) is 0.571. The lowest BCUT2D eigenvalue weighted by Gasteiger charge is -2.14. The van der Waals surface area contributed by atoms with Gasteiger partial charge in [-0.25, -0.2) is 0 Å². The van der Waals surface area contributed by atoms with Crippen LogP contribution in [0.3, 0.4) is 0 Å². The van der Waals surface area contributed by atoms with Crippen LogP contribution in [-0.4, -0.2) is 25.4 Å². The third kappa shape index (κ3) is 2.99. The first-order valence-corrected chi connectivity index (χ1v) is 6.36. The first kappa shape index (κ1) is 12.4. The molecule has 17 heavy (non-hydrogen) atoms. The summed E-state index contributed by atoms with van der Waals surface area (Å²) in [6, 6.07) is 6.81.